The molecule has 3 atom stereocenters. The Morgan fingerprint density at radius 2 is 1.75 bits per heavy atom. The van der Waals surface area contributed by atoms with Crippen LogP contribution in [0, 0.1) is 5.92 Å². The summed E-state index contributed by atoms with van der Waals surface area (Å²) in [5.41, 5.74) is 1.01. The molecule has 0 saturated heterocycles. The molecule has 20 heavy (non-hydrogen) atoms. The summed E-state index contributed by atoms with van der Waals surface area (Å²) in [4.78, 5) is 0. The number of hydrogen-bond acceptors (Lipinski definition) is 1. The van der Waals surface area contributed by atoms with E-state index >= 15 is 0 Å². The Balaban J connectivity index is 2.05. The molecule has 1 fully saturated rings. The maximum absolute atomic E-state index is 13.1. The number of nitrogens with one attached hydrogen (secondary N) is 1. The third-order valence-electron chi connectivity index (χ3n) is 4.02. The smallest absolute Gasteiger partial charge is 0.307 e. The fourth-order valence-electron chi connectivity index (χ4n) is 2.89. The molecule has 112 valence electrons. The number of benzene rings is 1. The molecule has 2 unspecified atom stereocenters. The van der Waals surface area contributed by atoms with Crippen LogP contribution in [0.25, 0.3) is 0 Å². The third-order valence-corrected chi connectivity index (χ3v) is 4.55. The zero-order valence-corrected chi connectivity index (χ0v) is 13.0. The number of halogens is 4. The molecule has 0 radical (unpaired) electrons. The lowest BCUT2D eigenvalue weighted by molar-refractivity contribution is -0.189. The molecule has 5 heteroatoms. The quantitative estimate of drug-likeness (QED) is 0.788. The lowest BCUT2D eigenvalue weighted by Crippen LogP contribution is -2.46. The van der Waals surface area contributed by atoms with Gasteiger partial charge in [0.2, 0.25) is 0 Å². The monoisotopic (exact) mass is 349 g/mol. The van der Waals surface area contributed by atoms with Crippen LogP contribution in [0.4, 0.5) is 13.2 Å². The van der Waals surface area contributed by atoms with Crippen LogP contribution in [0.2, 0.25) is 0 Å². The van der Waals surface area contributed by atoms with Gasteiger partial charge in [-0.1, -0.05) is 40.9 Å². The maximum Gasteiger partial charge on any atom is 0.393 e. The summed E-state index contributed by atoms with van der Waals surface area (Å²) in [6, 6.07) is 7.16. The second kappa shape index (κ2) is 6.48. The number of hydrogen-bond donors (Lipinski definition) is 1. The lowest BCUT2D eigenvalue weighted by atomic mass is 9.83. The van der Waals surface area contributed by atoms with Gasteiger partial charge in [-0.25, -0.2) is 0 Å². The Morgan fingerprint density at radius 1 is 1.15 bits per heavy atom. The highest BCUT2D eigenvalue weighted by Crippen LogP contribution is 2.38. The highest BCUT2D eigenvalue weighted by atomic mass is 79.9. The van der Waals surface area contributed by atoms with E-state index in [1.807, 2.05) is 31.2 Å². The minimum Gasteiger partial charge on any atom is -0.307 e. The van der Waals surface area contributed by atoms with Gasteiger partial charge in [0.15, 0.2) is 0 Å². The van der Waals surface area contributed by atoms with Crippen molar-refractivity contribution in [1.82, 2.24) is 5.32 Å². The van der Waals surface area contributed by atoms with Gasteiger partial charge in [-0.3, -0.25) is 0 Å². The average Bonchev–Trinajstić information content (AvgIpc) is 2.38. The van der Waals surface area contributed by atoms with Gasteiger partial charge in [-0.05, 0) is 37.5 Å². The van der Waals surface area contributed by atoms with Crippen molar-refractivity contribution in [2.75, 3.05) is 0 Å². The second-order valence-corrected chi connectivity index (χ2v) is 6.39. The Bertz CT molecular complexity index is 430. The van der Waals surface area contributed by atoms with E-state index in [2.05, 4.69) is 21.2 Å². The van der Waals surface area contributed by atoms with Crippen molar-refractivity contribution in [2.45, 2.75) is 50.9 Å². The van der Waals surface area contributed by atoms with Crippen LogP contribution in [-0.4, -0.2) is 12.2 Å². The van der Waals surface area contributed by atoms with Gasteiger partial charge in [0.25, 0.3) is 0 Å². The van der Waals surface area contributed by atoms with Crippen LogP contribution in [0.5, 0.6) is 0 Å². The molecule has 0 heterocycles. The molecule has 1 saturated carbocycles. The van der Waals surface area contributed by atoms with Crippen molar-refractivity contribution in [3.05, 3.63) is 34.3 Å². The largest absolute Gasteiger partial charge is 0.393 e. The van der Waals surface area contributed by atoms with Crippen LogP contribution < -0.4 is 5.32 Å². The summed E-state index contributed by atoms with van der Waals surface area (Å²) in [5, 5.41) is 3.18. The Morgan fingerprint density at radius 3 is 2.35 bits per heavy atom. The van der Waals surface area contributed by atoms with Crippen LogP contribution in [0.15, 0.2) is 28.7 Å². The standard InChI is InChI=1S/C15H19BrF3N/c1-10(11-6-8-12(16)9-7-11)20-14-5-3-2-4-13(14)15(17,18)19/h6-10,13-14,20H,2-5H2,1H3/t10-,13?,14?/m0/s1. The summed E-state index contributed by atoms with van der Waals surface area (Å²) in [6.07, 6.45) is -1.71. The third kappa shape index (κ3) is 3.98. The Kier molecular flexibility index (Phi) is 5.13. The molecular formula is C15H19BrF3N. The molecule has 0 bridgehead atoms. The van der Waals surface area contributed by atoms with Gasteiger partial charge in [-0.15, -0.1) is 0 Å². The molecule has 1 aromatic carbocycles. The van der Waals surface area contributed by atoms with Crippen LogP contribution in [0.1, 0.15) is 44.2 Å². The molecule has 1 aliphatic carbocycles. The molecule has 1 aromatic rings. The van der Waals surface area contributed by atoms with Crippen molar-refractivity contribution in [2.24, 2.45) is 5.92 Å². The molecule has 2 rings (SSSR count). The first kappa shape index (κ1) is 15.8. The molecule has 0 aliphatic heterocycles. The van der Waals surface area contributed by atoms with E-state index in [4.69, 9.17) is 0 Å². The lowest BCUT2D eigenvalue weighted by Gasteiger charge is -2.35. The molecule has 1 nitrogen and oxygen atoms in total. The van der Waals surface area contributed by atoms with E-state index < -0.39 is 18.1 Å². The molecular weight excluding hydrogens is 331 g/mol. The van der Waals surface area contributed by atoms with Gasteiger partial charge in [0.1, 0.15) is 0 Å². The molecule has 0 aromatic heterocycles. The number of rotatable bonds is 3. The van der Waals surface area contributed by atoms with Crippen molar-refractivity contribution >= 4 is 15.9 Å². The Labute approximate surface area is 126 Å². The van der Waals surface area contributed by atoms with Crippen molar-refractivity contribution in [3.8, 4) is 0 Å². The fourth-order valence-corrected chi connectivity index (χ4v) is 3.16. The van der Waals surface area contributed by atoms with E-state index in [0.717, 1.165) is 16.5 Å². The first-order valence-corrected chi connectivity index (χ1v) is 7.75. The van der Waals surface area contributed by atoms with Gasteiger partial charge in [0.05, 0.1) is 5.92 Å². The van der Waals surface area contributed by atoms with Crippen LogP contribution in [0.3, 0.4) is 0 Å². The average molecular weight is 350 g/mol. The van der Waals surface area contributed by atoms with Crippen molar-refractivity contribution in [3.63, 3.8) is 0 Å². The molecule has 0 spiro atoms. The first-order valence-electron chi connectivity index (χ1n) is 6.96. The van der Waals surface area contributed by atoms with E-state index in [1.165, 1.54) is 0 Å². The summed E-state index contributed by atoms with van der Waals surface area (Å²) in [6.45, 7) is 1.92. The van der Waals surface area contributed by atoms with Gasteiger partial charge in [-0.2, -0.15) is 13.2 Å². The molecule has 0 amide bonds. The molecule has 1 N–H and O–H groups in total. The summed E-state index contributed by atoms with van der Waals surface area (Å²) >= 11 is 3.36. The zero-order chi connectivity index (χ0) is 14.8. The van der Waals surface area contributed by atoms with E-state index in [-0.39, 0.29) is 12.5 Å². The van der Waals surface area contributed by atoms with Gasteiger partial charge in [0, 0.05) is 16.6 Å². The zero-order valence-electron chi connectivity index (χ0n) is 11.4. The van der Waals surface area contributed by atoms with E-state index in [9.17, 15) is 13.2 Å². The normalized spacial score (nSPS) is 25.4. The van der Waals surface area contributed by atoms with Gasteiger partial charge >= 0.3 is 6.18 Å². The minimum atomic E-state index is -4.10. The van der Waals surface area contributed by atoms with Crippen LogP contribution >= 0.6 is 15.9 Å². The predicted octanol–water partition coefficient (Wildman–Crippen LogP) is 5.22. The van der Waals surface area contributed by atoms with Crippen molar-refractivity contribution in [1.29, 1.82) is 0 Å². The summed E-state index contributed by atoms with van der Waals surface area (Å²) in [7, 11) is 0. The topological polar surface area (TPSA) is 12.0 Å². The highest BCUT2D eigenvalue weighted by Gasteiger charge is 2.45. The predicted molar refractivity (Wildman–Crippen MR) is 77.5 cm³/mol. The fraction of sp³-hybridized carbons (Fsp3) is 0.600. The van der Waals surface area contributed by atoms with Crippen LogP contribution in [-0.2, 0) is 0 Å². The minimum absolute atomic E-state index is 0.0731. The SMILES string of the molecule is C[C@H](NC1CCCCC1C(F)(F)F)c1ccc(Br)cc1. The maximum atomic E-state index is 13.1. The second-order valence-electron chi connectivity index (χ2n) is 5.48. The highest BCUT2D eigenvalue weighted by molar-refractivity contribution is 9.10. The summed E-state index contributed by atoms with van der Waals surface area (Å²) < 4.78 is 40.1. The van der Waals surface area contributed by atoms with Gasteiger partial charge < -0.3 is 5.32 Å². The first-order chi connectivity index (χ1) is 9.38. The summed E-state index contributed by atoms with van der Waals surface area (Å²) in [5.74, 6) is -1.21. The van der Waals surface area contributed by atoms with E-state index in [1.54, 1.807) is 0 Å². The molecule has 1 aliphatic rings. The van der Waals surface area contributed by atoms with Crippen molar-refractivity contribution < 1.29 is 13.2 Å². The van der Waals surface area contributed by atoms with E-state index in [0.29, 0.717) is 12.8 Å². The number of alkyl halides is 3. The Hall–Kier alpha value is -0.550.